The van der Waals surface area contributed by atoms with Gasteiger partial charge < -0.3 is 5.11 Å². The molecule has 0 fully saturated rings. The number of benzene rings is 1. The zero-order chi connectivity index (χ0) is 10.1. The van der Waals surface area contributed by atoms with Gasteiger partial charge in [0.25, 0.3) is 0 Å². The molecule has 1 heterocycles. The van der Waals surface area contributed by atoms with Crippen molar-refractivity contribution >= 4 is 32.9 Å². The summed E-state index contributed by atoms with van der Waals surface area (Å²) in [6.07, 6.45) is 0.608. The number of halogens is 1. The average Bonchev–Trinajstić information content (AvgIpc) is 2.59. The molecule has 0 unspecified atom stereocenters. The number of carbonyl (C=O) groups is 1. The molecule has 72 valence electrons. The molecule has 0 saturated carbocycles. The summed E-state index contributed by atoms with van der Waals surface area (Å²) >= 11 is 3.36. The van der Waals surface area contributed by atoms with Gasteiger partial charge in [-0.25, -0.2) is 4.79 Å². The summed E-state index contributed by atoms with van der Waals surface area (Å²) in [7, 11) is 0. The van der Waals surface area contributed by atoms with Crippen LogP contribution in [0.5, 0.6) is 0 Å². The lowest BCUT2D eigenvalue weighted by molar-refractivity contribution is 0.197. The van der Waals surface area contributed by atoms with Crippen LogP contribution in [0.1, 0.15) is 5.56 Å². The lowest BCUT2D eigenvalue weighted by atomic mass is 10.2. The first-order chi connectivity index (χ1) is 6.72. The molecule has 0 radical (unpaired) electrons. The summed E-state index contributed by atoms with van der Waals surface area (Å²) in [6, 6.07) is 7.51. The van der Waals surface area contributed by atoms with Crippen molar-refractivity contribution in [3.63, 3.8) is 0 Å². The summed E-state index contributed by atoms with van der Waals surface area (Å²) in [5, 5.41) is 10.6. The zero-order valence-electron chi connectivity index (χ0n) is 7.27. The summed E-state index contributed by atoms with van der Waals surface area (Å²) in [4.78, 5) is 10.8. The van der Waals surface area contributed by atoms with Crippen LogP contribution >= 0.6 is 15.9 Å². The lowest BCUT2D eigenvalue weighted by Crippen LogP contribution is -2.05. The van der Waals surface area contributed by atoms with Crippen LogP contribution in [-0.4, -0.2) is 15.8 Å². The topological polar surface area (TPSA) is 42.2 Å². The van der Waals surface area contributed by atoms with Gasteiger partial charge in [-0.2, -0.15) is 0 Å². The highest BCUT2D eigenvalue weighted by Gasteiger charge is 2.06. The Morgan fingerprint density at radius 2 is 2.21 bits per heavy atom. The smallest absolute Gasteiger partial charge is 0.415 e. The fourth-order valence-corrected chi connectivity index (χ4v) is 1.79. The van der Waals surface area contributed by atoms with Crippen molar-refractivity contribution < 1.29 is 9.90 Å². The third-order valence-corrected chi connectivity index (χ3v) is 2.76. The van der Waals surface area contributed by atoms with E-state index in [4.69, 9.17) is 5.11 Å². The molecule has 0 amide bonds. The molecule has 0 spiro atoms. The molecule has 3 nitrogen and oxygen atoms in total. The molecule has 2 rings (SSSR count). The molecule has 14 heavy (non-hydrogen) atoms. The van der Waals surface area contributed by atoms with Crippen LogP contribution in [0.15, 0.2) is 30.5 Å². The summed E-state index contributed by atoms with van der Waals surface area (Å²) < 4.78 is 1.22. The van der Waals surface area contributed by atoms with Crippen LogP contribution in [0.2, 0.25) is 0 Å². The van der Waals surface area contributed by atoms with Crippen molar-refractivity contribution in [2.75, 3.05) is 0 Å². The predicted octanol–water partition coefficient (Wildman–Crippen LogP) is 3.06. The number of rotatable bonds is 1. The first kappa shape index (κ1) is 9.27. The van der Waals surface area contributed by atoms with Crippen molar-refractivity contribution in [1.82, 2.24) is 4.57 Å². The molecule has 4 heteroatoms. The van der Waals surface area contributed by atoms with Crippen molar-refractivity contribution in [3.8, 4) is 0 Å². The van der Waals surface area contributed by atoms with E-state index in [-0.39, 0.29) is 0 Å². The Bertz CT molecular complexity index is 490. The molecule has 0 aliphatic rings. The number of hydrogen-bond acceptors (Lipinski definition) is 1. The lowest BCUT2D eigenvalue weighted by Gasteiger charge is -1.99. The van der Waals surface area contributed by atoms with E-state index in [0.717, 1.165) is 21.8 Å². The normalized spacial score (nSPS) is 10.6. The molecule has 1 aromatic heterocycles. The Hall–Kier alpha value is -1.29. The molecule has 0 bridgehead atoms. The second-order valence-electron chi connectivity index (χ2n) is 3.00. The maximum atomic E-state index is 10.8. The van der Waals surface area contributed by atoms with E-state index in [1.807, 2.05) is 18.2 Å². The van der Waals surface area contributed by atoms with Gasteiger partial charge in [0, 0.05) is 16.9 Å². The second-order valence-corrected chi connectivity index (χ2v) is 3.56. The highest BCUT2D eigenvalue weighted by atomic mass is 79.9. The minimum absolute atomic E-state index is 0.724. The Balaban J connectivity index is 2.65. The molecule has 2 aromatic rings. The molecule has 0 saturated heterocycles. The largest absolute Gasteiger partial charge is 0.464 e. The van der Waals surface area contributed by atoms with Crippen LogP contribution in [0.3, 0.4) is 0 Å². The molecule has 0 atom stereocenters. The molecule has 1 N–H and O–H groups in total. The highest BCUT2D eigenvalue weighted by Crippen LogP contribution is 2.18. The van der Waals surface area contributed by atoms with Gasteiger partial charge in [-0.3, -0.25) is 4.57 Å². The van der Waals surface area contributed by atoms with Crippen LogP contribution in [0, 0.1) is 0 Å². The predicted molar refractivity (Wildman–Crippen MR) is 58.0 cm³/mol. The second kappa shape index (κ2) is 3.46. The van der Waals surface area contributed by atoms with Crippen molar-refractivity contribution in [3.05, 3.63) is 36.0 Å². The van der Waals surface area contributed by atoms with E-state index >= 15 is 0 Å². The van der Waals surface area contributed by atoms with Crippen molar-refractivity contribution in [2.24, 2.45) is 0 Å². The Morgan fingerprint density at radius 3 is 2.86 bits per heavy atom. The third-order valence-electron chi connectivity index (χ3n) is 2.12. The van der Waals surface area contributed by atoms with Gasteiger partial charge in [0.15, 0.2) is 0 Å². The quantitative estimate of drug-likeness (QED) is 0.794. The first-order valence-electron chi connectivity index (χ1n) is 4.11. The number of aromatic nitrogens is 1. The number of fused-ring (bicyclic) bond motifs is 1. The summed E-state index contributed by atoms with van der Waals surface area (Å²) in [5.74, 6) is 0. The van der Waals surface area contributed by atoms with Gasteiger partial charge in [0.1, 0.15) is 0 Å². The van der Waals surface area contributed by atoms with E-state index in [1.54, 1.807) is 12.3 Å². The maximum Gasteiger partial charge on any atom is 0.415 e. The van der Waals surface area contributed by atoms with Crippen LogP contribution in [0.4, 0.5) is 4.79 Å². The molecular formula is C10H8BrNO2. The van der Waals surface area contributed by atoms with E-state index in [1.165, 1.54) is 4.57 Å². The van der Waals surface area contributed by atoms with Gasteiger partial charge in [0.2, 0.25) is 0 Å². The highest BCUT2D eigenvalue weighted by molar-refractivity contribution is 9.08. The van der Waals surface area contributed by atoms with E-state index in [0.29, 0.717) is 0 Å². The molecule has 0 aliphatic carbocycles. The Labute approximate surface area is 89.1 Å². The SMILES string of the molecule is O=C(O)n1ccc2cc(CBr)ccc21. The maximum absolute atomic E-state index is 10.8. The fraction of sp³-hybridized carbons (Fsp3) is 0.100. The number of nitrogens with zero attached hydrogens (tertiary/aromatic N) is 1. The average molecular weight is 254 g/mol. The molecule has 1 aromatic carbocycles. The van der Waals surface area contributed by atoms with Crippen LogP contribution < -0.4 is 0 Å². The van der Waals surface area contributed by atoms with E-state index in [9.17, 15) is 4.79 Å². The summed E-state index contributed by atoms with van der Waals surface area (Å²) in [5.41, 5.74) is 1.86. The fourth-order valence-electron chi connectivity index (χ4n) is 1.44. The van der Waals surface area contributed by atoms with Gasteiger partial charge in [-0.1, -0.05) is 22.0 Å². The van der Waals surface area contributed by atoms with Gasteiger partial charge in [-0.15, -0.1) is 0 Å². The Morgan fingerprint density at radius 1 is 1.43 bits per heavy atom. The number of hydrogen-bond donors (Lipinski definition) is 1. The van der Waals surface area contributed by atoms with E-state index < -0.39 is 6.09 Å². The Kier molecular flexibility index (Phi) is 2.29. The van der Waals surface area contributed by atoms with Gasteiger partial charge in [-0.05, 0) is 23.8 Å². The molecular weight excluding hydrogens is 246 g/mol. The summed E-state index contributed by atoms with van der Waals surface area (Å²) in [6.45, 7) is 0. The van der Waals surface area contributed by atoms with E-state index in [2.05, 4.69) is 15.9 Å². The standard InChI is InChI=1S/C10H8BrNO2/c11-6-7-1-2-9-8(5-7)3-4-12(9)10(13)14/h1-5H,6H2,(H,13,14). The van der Waals surface area contributed by atoms with Crippen molar-refractivity contribution in [2.45, 2.75) is 5.33 Å². The van der Waals surface area contributed by atoms with Crippen molar-refractivity contribution in [1.29, 1.82) is 0 Å². The minimum Gasteiger partial charge on any atom is -0.464 e. The van der Waals surface area contributed by atoms with Crippen LogP contribution in [-0.2, 0) is 5.33 Å². The first-order valence-corrected chi connectivity index (χ1v) is 5.24. The van der Waals surface area contributed by atoms with Gasteiger partial charge >= 0.3 is 6.09 Å². The minimum atomic E-state index is -0.952. The van der Waals surface area contributed by atoms with Crippen LogP contribution in [0.25, 0.3) is 10.9 Å². The number of carboxylic acid groups (broad SMARTS) is 1. The third kappa shape index (κ3) is 1.42. The number of alkyl halides is 1. The van der Waals surface area contributed by atoms with Gasteiger partial charge in [0.05, 0.1) is 5.52 Å². The molecule has 0 aliphatic heterocycles. The monoisotopic (exact) mass is 253 g/mol. The zero-order valence-corrected chi connectivity index (χ0v) is 8.86.